The van der Waals surface area contributed by atoms with Gasteiger partial charge in [-0.15, -0.1) is 0 Å². The SMILES string of the molecule is CCCC[C@@H]1NC(=O)[C@H](CCC(=O)O)NC(=O)[C@H](C)NC(=O)[C@H](CC(C)C)NC(=O)[C@H](CCCC)NC(=O)[C@H](Cc2ccc(O)cc2)NC(=O)[C@H](CCCCN)NC(=O)[C@H](Cc2ccc(O)cc2)NC(=O)[C@H]([C@@H](C)O)NC(=O)[C@@H](NC(=O)[C@@H]2CCCN2C(=O)[C@@H](NC(=O)CNC(=O)[C@H](CCCCNC(=O)CCCC[C@@H]2SC[C@@H]3NC(=O)N[C@@H]32)NC(C)=O)[C@@H](C)O)CSSC[C@@H](C(=O)O)NC1=O. The second kappa shape index (κ2) is 58.3. The molecule has 4 fully saturated rings. The number of benzene rings is 2. The third kappa shape index (κ3) is 38.7. The number of carboxylic acid groups (broad SMARTS) is 2. The van der Waals surface area contributed by atoms with E-state index in [1.807, 2.05) is 0 Å². The number of urea groups is 1. The molecule has 0 unspecified atom stereocenters. The minimum Gasteiger partial charge on any atom is -0.508 e. The predicted molar refractivity (Wildman–Crippen MR) is 503 cm³/mol. The number of hydrogen-bond donors (Lipinski definition) is 24. The highest BCUT2D eigenvalue weighted by molar-refractivity contribution is 8.76. The van der Waals surface area contributed by atoms with Gasteiger partial charge in [0.1, 0.15) is 96.1 Å². The number of unbranched alkanes of at least 4 members (excludes halogenated alkanes) is 5. The Bertz CT molecular complexity index is 4410. The summed E-state index contributed by atoms with van der Waals surface area (Å²) in [5.41, 5.74) is 6.60. The van der Waals surface area contributed by atoms with Gasteiger partial charge >= 0.3 is 18.0 Å². The lowest BCUT2D eigenvalue weighted by Crippen LogP contribution is -2.62. The van der Waals surface area contributed by atoms with Crippen molar-refractivity contribution >= 4 is 146 Å². The maximum atomic E-state index is 15.2. The summed E-state index contributed by atoms with van der Waals surface area (Å²) >= 11 is 1.79. The van der Waals surface area contributed by atoms with E-state index in [4.69, 9.17) is 5.73 Å². The monoisotopic (exact) mass is 1970 g/mol. The van der Waals surface area contributed by atoms with Crippen LogP contribution in [-0.4, -0.2) is 306 Å². The number of aliphatic hydroxyl groups excluding tert-OH is 2. The molecule has 2 aromatic carbocycles. The second-order valence-corrected chi connectivity index (χ2v) is 38.8. The highest BCUT2D eigenvalue weighted by Gasteiger charge is 2.45. The Labute approximate surface area is 802 Å². The number of nitrogens with two attached hydrogens (primary N) is 1. The van der Waals surface area contributed by atoms with Crippen LogP contribution in [0.1, 0.15) is 201 Å². The fourth-order valence-electron chi connectivity index (χ4n) is 15.6. The Hall–Kier alpha value is -11.3. The lowest BCUT2D eigenvalue weighted by molar-refractivity contribution is -0.144. The van der Waals surface area contributed by atoms with E-state index >= 15 is 19.2 Å². The molecule has 0 aromatic heterocycles. The van der Waals surface area contributed by atoms with Crippen LogP contribution in [0, 0.1) is 5.92 Å². The summed E-state index contributed by atoms with van der Waals surface area (Å²) < 4.78 is 0. The molecule has 25 N–H and O–H groups in total. The highest BCUT2D eigenvalue weighted by Crippen LogP contribution is 2.34. The van der Waals surface area contributed by atoms with E-state index in [-0.39, 0.29) is 137 Å². The van der Waals surface area contributed by atoms with Crippen LogP contribution >= 0.6 is 33.3 Å². The number of thioether (sulfide) groups is 1. The molecule has 0 spiro atoms. The molecular weight excluding hydrogens is 1830 g/mol. The third-order valence-corrected chi connectivity index (χ3v) is 27.1. The highest BCUT2D eigenvalue weighted by atomic mass is 33.1. The third-order valence-electron chi connectivity index (χ3n) is 23.1. The first-order chi connectivity index (χ1) is 64.6. The smallest absolute Gasteiger partial charge is 0.327 e. The molecule has 0 radical (unpaired) electrons. The van der Waals surface area contributed by atoms with Crippen LogP contribution in [0.5, 0.6) is 11.5 Å². The average molecular weight is 1970 g/mol. The van der Waals surface area contributed by atoms with Crippen LogP contribution in [0.25, 0.3) is 0 Å². The fraction of sp³-hybridized carbons (Fsp3) is 0.652. The normalized spacial score (nSPS) is 24.9. The zero-order chi connectivity index (χ0) is 100. The van der Waals surface area contributed by atoms with E-state index in [0.717, 1.165) is 58.9 Å². The van der Waals surface area contributed by atoms with Gasteiger partial charge in [0.15, 0.2) is 0 Å². The Morgan fingerprint density at radius 1 is 0.529 bits per heavy atom. The number of aliphatic carboxylic acids is 2. The van der Waals surface area contributed by atoms with Crippen molar-refractivity contribution in [3.8, 4) is 11.5 Å². The Balaban J connectivity index is 1.31. The summed E-state index contributed by atoms with van der Waals surface area (Å²) in [6.07, 6.45) is -0.614. The predicted octanol–water partition coefficient (Wildman–Crippen LogP) is -1.99. The van der Waals surface area contributed by atoms with Gasteiger partial charge in [0.2, 0.25) is 94.5 Å². The molecule has 756 valence electrons. The number of nitrogens with zero attached hydrogens (tertiary/aromatic N) is 1. The maximum absolute atomic E-state index is 15.2. The number of aliphatic hydroxyl groups is 2. The first-order valence-corrected chi connectivity index (χ1v) is 49.9. The Kier molecular flexibility index (Phi) is 48.6. The van der Waals surface area contributed by atoms with Crippen LogP contribution in [-0.2, 0) is 99.1 Å². The molecule has 136 heavy (non-hydrogen) atoms. The number of phenolic OH excluding ortho intramolecular Hbond substituents is 2. The molecule has 47 heteroatoms. The summed E-state index contributed by atoms with van der Waals surface area (Å²) in [5.74, 6) is -19.0. The molecule has 0 bridgehead atoms. The van der Waals surface area contributed by atoms with Gasteiger partial charge in [-0.05, 0) is 159 Å². The molecule has 19 atom stereocenters. The number of carboxylic acids is 2. The van der Waals surface area contributed by atoms with Crippen LogP contribution in [0.3, 0.4) is 0 Å². The van der Waals surface area contributed by atoms with Crippen LogP contribution in [0.15, 0.2) is 48.5 Å². The van der Waals surface area contributed by atoms with Crippen molar-refractivity contribution in [1.82, 2.24) is 95.3 Å². The lowest BCUT2D eigenvalue weighted by Gasteiger charge is -2.31. The van der Waals surface area contributed by atoms with Crippen LogP contribution in [0.4, 0.5) is 4.79 Å². The largest absolute Gasteiger partial charge is 0.508 e. The standard InChI is InChI=1S/C89H137N19O25S3/c1-9-11-20-57-77(120)99-61(40-47(3)4)81(124)93-48(5)75(118)95-60(35-36-71(116)117)80(123)96-58(21-12-10-2)79(122)103-66(88(131)132)46-136-135-45-65(84(127)106-72(49(6)109)86(129)101-63(42-53-29-33-55(113)34-30-53)83(126)98-59(22-15-17-37-90)78(121)100-62(82(125)97-57)41-52-27-31-54(112)32-28-52)102-85(128)67-24-19-39-108(67)87(130)73(50(7)110)105-70(115)43-92-76(119)56(94-51(8)111)23-16-18-38-91-69(114)26-14-13-25-68-74-64(44-134-68)104-89(133)107-74/h27-34,47-50,56-68,72-74,109-110,112-113H,9-26,35-46,90H2,1-8H3,(H,91,114)(H,92,119)(H,93,124)(H,94,111)(H,95,118)(H,96,123)(H,97,125)(H,98,126)(H,99,120)(H,100,121)(H,101,129)(H,102,128)(H,103,122)(H,105,115)(H,106,127)(H,116,117)(H,131,132)(H2,104,107,133)/t48-,49+,50+,56-,57-,58-,59-,60-,61-,62-,63-,64-,65-,66-,67-,68-,72-,73-,74-/m0/s1. The fourth-order valence-corrected chi connectivity index (χ4v) is 19.4. The average Bonchev–Trinajstić information content (AvgIpc) is 1.65. The van der Waals surface area contributed by atoms with E-state index in [0.29, 0.717) is 56.1 Å². The van der Waals surface area contributed by atoms with Gasteiger partial charge in [-0.3, -0.25) is 81.5 Å². The number of phenols is 2. The molecule has 2 aromatic rings. The first kappa shape index (κ1) is 113. The molecule has 6 rings (SSSR count). The minimum atomic E-state index is -2.05. The topological polar surface area (TPSA) is 679 Å². The van der Waals surface area contributed by atoms with E-state index < -0.39 is 235 Å². The summed E-state index contributed by atoms with van der Waals surface area (Å²) in [7, 11) is 1.45. The van der Waals surface area contributed by atoms with Crippen molar-refractivity contribution in [2.24, 2.45) is 11.7 Å². The van der Waals surface area contributed by atoms with Gasteiger partial charge in [0.05, 0.1) is 30.8 Å². The number of carbonyl (C=O) groups excluding carboxylic acids is 17. The molecule has 18 amide bonds. The molecule has 44 nitrogen and oxygen atoms in total. The van der Waals surface area contributed by atoms with Crippen LogP contribution in [0.2, 0.25) is 0 Å². The summed E-state index contributed by atoms with van der Waals surface area (Å²) in [6.45, 7) is 11.1. The van der Waals surface area contributed by atoms with E-state index in [9.17, 15) is 103 Å². The molecule has 0 saturated carbocycles. The number of hydrogen-bond acceptors (Lipinski definition) is 27. The molecule has 4 aliphatic heterocycles. The molecule has 4 aliphatic rings. The number of likely N-dealkylation sites (tertiary alicyclic amines) is 1. The van der Waals surface area contributed by atoms with Crippen LogP contribution < -0.4 is 96.1 Å². The number of aromatic hydroxyl groups is 2. The van der Waals surface area contributed by atoms with Gasteiger partial charge in [-0.25, -0.2) is 9.59 Å². The lowest BCUT2D eigenvalue weighted by atomic mass is 10.00. The minimum absolute atomic E-state index is 0.0349. The Morgan fingerprint density at radius 2 is 1.05 bits per heavy atom. The molecule has 0 aliphatic carbocycles. The number of fused-ring (bicyclic) bond motifs is 1. The summed E-state index contributed by atoms with van der Waals surface area (Å²) in [4.78, 5) is 267. The van der Waals surface area contributed by atoms with Gasteiger partial charge in [-0.2, -0.15) is 11.8 Å². The van der Waals surface area contributed by atoms with Crippen molar-refractivity contribution in [2.75, 3.05) is 43.4 Å². The number of amides is 18. The summed E-state index contributed by atoms with van der Waals surface area (Å²) in [5, 5.41) is 108. The van der Waals surface area contributed by atoms with Gasteiger partial charge in [-0.1, -0.05) is 106 Å². The number of carbonyl (C=O) groups is 19. The Morgan fingerprint density at radius 3 is 1.60 bits per heavy atom. The second-order valence-electron chi connectivity index (χ2n) is 34.9. The van der Waals surface area contributed by atoms with E-state index in [1.54, 1.807) is 39.5 Å². The number of rotatable bonds is 40. The van der Waals surface area contributed by atoms with Crippen molar-refractivity contribution in [3.63, 3.8) is 0 Å². The quantitative estimate of drug-likeness (QED) is 0.0195. The number of nitrogens with one attached hydrogen (secondary N) is 17. The van der Waals surface area contributed by atoms with Gasteiger partial charge < -0.3 is 132 Å². The zero-order valence-corrected chi connectivity index (χ0v) is 80.5. The van der Waals surface area contributed by atoms with Crippen molar-refractivity contribution in [1.29, 1.82) is 0 Å². The molecule has 4 heterocycles. The summed E-state index contributed by atoms with van der Waals surface area (Å²) in [6, 6.07) is -11.7. The maximum Gasteiger partial charge on any atom is 0.327 e. The van der Waals surface area contributed by atoms with E-state index in [2.05, 4.69) is 90.4 Å². The molecule has 4 saturated heterocycles. The molecular formula is C89H137N19O25S3. The zero-order valence-electron chi connectivity index (χ0n) is 78.1. The van der Waals surface area contributed by atoms with Crippen molar-refractivity contribution in [3.05, 3.63) is 59.7 Å². The van der Waals surface area contributed by atoms with Gasteiger partial charge in [0, 0.05) is 68.2 Å². The van der Waals surface area contributed by atoms with Gasteiger partial charge in [0.25, 0.3) is 0 Å². The first-order valence-electron chi connectivity index (χ1n) is 46.4. The van der Waals surface area contributed by atoms with E-state index in [1.165, 1.54) is 62.4 Å². The van der Waals surface area contributed by atoms with Crippen molar-refractivity contribution < 1.29 is 122 Å². The van der Waals surface area contributed by atoms with Crippen molar-refractivity contribution in [2.45, 2.75) is 317 Å².